The van der Waals surface area contributed by atoms with Gasteiger partial charge in [-0.05, 0) is 58.7 Å². The molecule has 0 bridgehead atoms. The predicted octanol–water partition coefficient (Wildman–Crippen LogP) is 6.70. The van der Waals surface area contributed by atoms with Crippen molar-refractivity contribution in [2.75, 3.05) is 0 Å². The molecule has 11 rings (SSSR count). The molecule has 0 spiro atoms. The molecule has 0 N–H and O–H groups in total. The zero-order chi connectivity index (χ0) is 41.4. The zero-order valence-electron chi connectivity index (χ0n) is 32.8. The third-order valence-corrected chi connectivity index (χ3v) is 11.7. The molecule has 5 nitrogen and oxygen atoms in total. The van der Waals surface area contributed by atoms with E-state index in [1.807, 2.05) is 84.9 Å². The largest absolute Gasteiger partial charge is 0.309 e. The topological polar surface area (TPSA) is 48.5 Å². The normalized spacial score (nSPS) is 11.6. The van der Waals surface area contributed by atoms with Gasteiger partial charge >= 0.3 is 0 Å². The van der Waals surface area contributed by atoms with Gasteiger partial charge in [-0.3, -0.25) is 4.57 Å². The molecule has 8 aromatic carbocycles. The minimum Gasteiger partial charge on any atom is -0.309 e. The minimum absolute atomic E-state index is 0.196. The van der Waals surface area contributed by atoms with Gasteiger partial charge in [0.25, 0.3) is 0 Å². The van der Waals surface area contributed by atoms with Crippen LogP contribution in [0.1, 0.15) is 0 Å². The van der Waals surface area contributed by atoms with E-state index < -0.39 is 0 Å². The Morgan fingerprint density at radius 2 is 0.787 bits per heavy atom. The lowest BCUT2D eigenvalue weighted by Gasteiger charge is -2.21. The van der Waals surface area contributed by atoms with Gasteiger partial charge in [0.2, 0.25) is 5.95 Å². The van der Waals surface area contributed by atoms with Crippen LogP contribution in [0.25, 0.3) is 100 Å². The number of rotatable bonds is 6. The fourth-order valence-electron chi connectivity index (χ4n) is 8.72. The first-order valence-electron chi connectivity index (χ1n) is 19.9. The van der Waals surface area contributed by atoms with Crippen LogP contribution in [-0.2, 0) is 0 Å². The second kappa shape index (κ2) is 14.5. The summed E-state index contributed by atoms with van der Waals surface area (Å²) < 4.78 is 4.52. The maximum absolute atomic E-state index is 6.40. The molecule has 0 amide bonds. The Kier molecular flexibility index (Phi) is 8.71. The summed E-state index contributed by atoms with van der Waals surface area (Å²) in [6, 6.07) is 58.3. The van der Waals surface area contributed by atoms with Crippen molar-refractivity contribution in [3.8, 4) is 56.7 Å². The number of para-hydroxylation sites is 2. The molecule has 0 saturated heterocycles. The lowest BCUT2D eigenvalue weighted by Crippen LogP contribution is -2.55. The zero-order valence-corrected chi connectivity index (χ0v) is 32.8. The molecule has 0 unspecified atom stereocenters. The van der Waals surface area contributed by atoms with Crippen LogP contribution in [0, 0.1) is 0 Å². The van der Waals surface area contributed by atoms with Crippen LogP contribution in [-0.4, -0.2) is 63.3 Å². The maximum atomic E-state index is 6.40. The van der Waals surface area contributed by atoms with Crippen LogP contribution in [0.5, 0.6) is 0 Å². The molecule has 0 fully saturated rings. The fourth-order valence-corrected chi connectivity index (χ4v) is 8.72. The molecule has 10 heteroatoms. The number of hydrogen-bond acceptors (Lipinski definition) is 3. The van der Waals surface area contributed by atoms with Gasteiger partial charge in [-0.2, -0.15) is 9.97 Å². The van der Waals surface area contributed by atoms with Gasteiger partial charge in [0, 0.05) is 38.4 Å². The number of hydrogen-bond donors (Lipinski definition) is 0. The summed E-state index contributed by atoms with van der Waals surface area (Å²) >= 11 is 0. The van der Waals surface area contributed by atoms with E-state index in [9.17, 15) is 0 Å². The van der Waals surface area contributed by atoms with Gasteiger partial charge in [0.1, 0.15) is 39.2 Å². The molecule has 0 aliphatic carbocycles. The van der Waals surface area contributed by atoms with Gasteiger partial charge in [0.15, 0.2) is 11.6 Å². The summed E-state index contributed by atoms with van der Waals surface area (Å²) in [5, 5.41) is 4.52. The Balaban J connectivity index is 1.10. The average Bonchev–Trinajstić information content (AvgIpc) is 3.84. The first-order valence-corrected chi connectivity index (χ1v) is 19.9. The monoisotopic (exact) mass is 765 g/mol. The van der Waals surface area contributed by atoms with Gasteiger partial charge in [0.05, 0.1) is 22.1 Å². The van der Waals surface area contributed by atoms with Crippen molar-refractivity contribution >= 4 is 110 Å². The third kappa shape index (κ3) is 5.89. The van der Waals surface area contributed by atoms with Crippen molar-refractivity contribution in [3.63, 3.8) is 0 Å². The first kappa shape index (κ1) is 36.8. The van der Waals surface area contributed by atoms with Crippen LogP contribution in [0.3, 0.4) is 0 Å². The number of aromatic nitrogens is 5. The van der Waals surface area contributed by atoms with E-state index in [-0.39, 0.29) is 16.4 Å². The van der Waals surface area contributed by atoms with E-state index in [2.05, 4.69) is 94.1 Å². The fraction of sp³-hybridized carbons (Fsp3) is 0. The van der Waals surface area contributed by atoms with Crippen LogP contribution in [0.2, 0.25) is 0 Å². The number of fused-ring (bicyclic) bond motifs is 7. The molecule has 0 atom stereocenters. The van der Waals surface area contributed by atoms with Crippen LogP contribution < -0.4 is 27.3 Å². The molecule has 3 heterocycles. The van der Waals surface area contributed by atoms with E-state index in [0.717, 1.165) is 77.1 Å². The molecule has 0 saturated carbocycles. The number of nitrogens with zero attached hydrogens (tertiary/aromatic N) is 5. The summed E-state index contributed by atoms with van der Waals surface area (Å²) in [5.41, 5.74) is 11.7. The van der Waals surface area contributed by atoms with Crippen molar-refractivity contribution in [3.05, 3.63) is 170 Å². The average molecular weight is 765 g/mol. The molecule has 0 aliphatic heterocycles. The molecular weight excluding hydrogens is 737 g/mol. The van der Waals surface area contributed by atoms with Crippen molar-refractivity contribution < 1.29 is 0 Å². The quantitative estimate of drug-likeness (QED) is 0.177. The second-order valence-corrected chi connectivity index (χ2v) is 15.1. The summed E-state index contributed by atoms with van der Waals surface area (Å²) in [6.07, 6.45) is 0. The smallest absolute Gasteiger partial charge is 0.238 e. The van der Waals surface area contributed by atoms with E-state index in [1.165, 1.54) is 0 Å². The molecular formula is C51H28B5N5. The highest BCUT2D eigenvalue weighted by Crippen LogP contribution is 2.42. The van der Waals surface area contributed by atoms with Crippen molar-refractivity contribution in [1.29, 1.82) is 0 Å². The Hall–Kier alpha value is -7.31. The highest BCUT2D eigenvalue weighted by Gasteiger charge is 2.23. The van der Waals surface area contributed by atoms with Crippen LogP contribution >= 0.6 is 0 Å². The third-order valence-electron chi connectivity index (χ3n) is 11.7. The molecule has 272 valence electrons. The SMILES string of the molecule is [B]c1c([B])c([B])c(-c2ccc(-c3cccc(-n4c5ccccc5c5c6c7ccccc7n(-c7nc(-c8ccccc8)nc(-c8ccccc8)n7)c6ccc54)c3)cc2)c([B])c1[B]. The molecule has 61 heavy (non-hydrogen) atoms. The molecule has 10 radical (unpaired) electrons. The summed E-state index contributed by atoms with van der Waals surface area (Å²) in [7, 11) is 31.2. The lowest BCUT2D eigenvalue weighted by atomic mass is 9.59. The van der Waals surface area contributed by atoms with Crippen molar-refractivity contribution in [2.45, 2.75) is 0 Å². The van der Waals surface area contributed by atoms with Gasteiger partial charge in [-0.15, -0.1) is 16.4 Å². The molecule has 3 aromatic heterocycles. The van der Waals surface area contributed by atoms with Crippen molar-refractivity contribution in [1.82, 2.24) is 24.1 Å². The lowest BCUT2D eigenvalue weighted by molar-refractivity contribution is 0.953. The highest BCUT2D eigenvalue weighted by molar-refractivity contribution is 6.68. The molecule has 11 aromatic rings. The van der Waals surface area contributed by atoms with Crippen LogP contribution in [0.4, 0.5) is 0 Å². The van der Waals surface area contributed by atoms with E-state index >= 15 is 0 Å². The van der Waals surface area contributed by atoms with Crippen LogP contribution in [0.15, 0.2) is 170 Å². The molecule has 0 aliphatic rings. The Morgan fingerprint density at radius 1 is 0.328 bits per heavy atom. The van der Waals surface area contributed by atoms with Gasteiger partial charge in [-0.25, -0.2) is 4.98 Å². The van der Waals surface area contributed by atoms with E-state index in [0.29, 0.717) is 34.1 Å². The Bertz CT molecular complexity index is 3440. The predicted molar refractivity (Wildman–Crippen MR) is 257 cm³/mol. The Morgan fingerprint density at radius 3 is 1.36 bits per heavy atom. The van der Waals surface area contributed by atoms with E-state index in [1.54, 1.807) is 0 Å². The van der Waals surface area contributed by atoms with Gasteiger partial charge < -0.3 is 4.57 Å². The Labute approximate surface area is 359 Å². The van der Waals surface area contributed by atoms with Crippen molar-refractivity contribution in [2.24, 2.45) is 0 Å². The highest BCUT2D eigenvalue weighted by atomic mass is 15.2. The summed E-state index contributed by atoms with van der Waals surface area (Å²) in [6.45, 7) is 0. The minimum atomic E-state index is 0.196. The standard InChI is InChI=1S/C51H28B5N5/c52-44-41(45(53)47(55)48(56)46(44)54)30-24-22-29(23-25-30)33-16-11-17-34(28-33)60-37-20-9-7-18-35(37)42-39(60)26-27-40-43(42)36-19-8-10-21-38(36)61(40)51-58-49(31-12-3-1-4-13-31)57-50(59-51)32-14-5-2-6-15-32/h1-28H. The summed E-state index contributed by atoms with van der Waals surface area (Å²) in [4.78, 5) is 15.3. The first-order chi connectivity index (χ1) is 29.9. The number of benzene rings is 8. The van der Waals surface area contributed by atoms with E-state index in [4.69, 9.17) is 54.2 Å². The maximum Gasteiger partial charge on any atom is 0.238 e. The van der Waals surface area contributed by atoms with Gasteiger partial charge in [-0.1, -0.05) is 144 Å². The second-order valence-electron chi connectivity index (χ2n) is 15.1. The summed E-state index contributed by atoms with van der Waals surface area (Å²) in [5.74, 6) is 1.76.